The normalized spacial score (nSPS) is 19.9. The predicted molar refractivity (Wildman–Crippen MR) is 96.7 cm³/mol. The molecule has 27 heavy (non-hydrogen) atoms. The summed E-state index contributed by atoms with van der Waals surface area (Å²) in [4.78, 5) is 23.7. The third-order valence-corrected chi connectivity index (χ3v) is 5.27. The van der Waals surface area contributed by atoms with Crippen LogP contribution in [0.3, 0.4) is 0 Å². The third kappa shape index (κ3) is 4.33. The predicted octanol–water partition coefficient (Wildman–Crippen LogP) is 1.81. The van der Waals surface area contributed by atoms with Crippen molar-refractivity contribution in [1.29, 1.82) is 0 Å². The molecule has 8 nitrogen and oxygen atoms in total. The Morgan fingerprint density at radius 1 is 1.30 bits per heavy atom. The molecule has 2 aromatic heterocycles. The van der Waals surface area contributed by atoms with E-state index >= 15 is 0 Å². The second-order valence-electron chi connectivity index (χ2n) is 7.09. The minimum Gasteiger partial charge on any atom is -0.379 e. The standard InChI is InChI=1S/C19H25N5O3/c25-18(21-13-16-22-19(27-23-16)14-4-1-2-5-14)17(15-6-3-7-20-12-15)24-8-10-26-11-9-24/h3,6-7,12,14,17H,1-2,4-5,8-11,13H2,(H,21,25). The molecule has 1 saturated heterocycles. The van der Waals surface area contributed by atoms with E-state index in [2.05, 4.69) is 25.3 Å². The molecule has 1 atom stereocenters. The number of rotatable bonds is 6. The monoisotopic (exact) mass is 371 g/mol. The van der Waals surface area contributed by atoms with Crippen molar-refractivity contribution in [3.05, 3.63) is 41.8 Å². The summed E-state index contributed by atoms with van der Waals surface area (Å²) in [6.45, 7) is 2.93. The number of carbonyl (C=O) groups excluding carboxylic acids is 1. The number of hydrogen-bond acceptors (Lipinski definition) is 7. The lowest BCUT2D eigenvalue weighted by Gasteiger charge is -2.33. The molecular formula is C19H25N5O3. The Kier molecular flexibility index (Phi) is 5.74. The fourth-order valence-corrected chi connectivity index (χ4v) is 3.84. The SMILES string of the molecule is O=C(NCc1noc(C2CCCC2)n1)C(c1cccnc1)N1CCOCC1. The highest BCUT2D eigenvalue weighted by Crippen LogP contribution is 2.32. The molecule has 8 heteroatoms. The number of hydrogen-bond donors (Lipinski definition) is 1. The van der Waals surface area contributed by atoms with Crippen molar-refractivity contribution in [1.82, 2.24) is 25.3 Å². The molecule has 4 rings (SSSR count). The zero-order chi connectivity index (χ0) is 18.5. The summed E-state index contributed by atoms with van der Waals surface area (Å²) in [5.74, 6) is 1.52. The smallest absolute Gasteiger partial charge is 0.242 e. The number of pyridine rings is 1. The molecule has 1 saturated carbocycles. The van der Waals surface area contributed by atoms with Crippen molar-refractivity contribution in [2.24, 2.45) is 0 Å². The fraction of sp³-hybridized carbons (Fsp3) is 0.579. The van der Waals surface area contributed by atoms with Crippen LogP contribution in [0, 0.1) is 0 Å². The molecule has 2 aromatic rings. The van der Waals surface area contributed by atoms with Gasteiger partial charge in [0.25, 0.3) is 0 Å². The van der Waals surface area contributed by atoms with Crippen molar-refractivity contribution in [3.8, 4) is 0 Å². The summed E-state index contributed by atoms with van der Waals surface area (Å²) >= 11 is 0. The van der Waals surface area contributed by atoms with Crippen molar-refractivity contribution >= 4 is 5.91 Å². The van der Waals surface area contributed by atoms with Crippen LogP contribution in [0.5, 0.6) is 0 Å². The largest absolute Gasteiger partial charge is 0.379 e. The second kappa shape index (κ2) is 8.58. The van der Waals surface area contributed by atoms with Gasteiger partial charge in [0, 0.05) is 31.4 Å². The lowest BCUT2D eigenvalue weighted by Crippen LogP contribution is -2.45. The molecule has 144 valence electrons. The topological polar surface area (TPSA) is 93.4 Å². The van der Waals surface area contributed by atoms with Gasteiger partial charge in [-0.15, -0.1) is 0 Å². The minimum absolute atomic E-state index is 0.0860. The van der Waals surface area contributed by atoms with Crippen LogP contribution in [0.25, 0.3) is 0 Å². The van der Waals surface area contributed by atoms with E-state index in [0.717, 1.165) is 18.4 Å². The first-order valence-corrected chi connectivity index (χ1v) is 9.63. The van der Waals surface area contributed by atoms with Crippen molar-refractivity contribution < 1.29 is 14.1 Å². The van der Waals surface area contributed by atoms with Crippen LogP contribution in [-0.2, 0) is 16.1 Å². The maximum atomic E-state index is 13.0. The maximum Gasteiger partial charge on any atom is 0.242 e. The van der Waals surface area contributed by atoms with Gasteiger partial charge in [-0.1, -0.05) is 24.1 Å². The van der Waals surface area contributed by atoms with E-state index in [0.29, 0.717) is 43.9 Å². The van der Waals surface area contributed by atoms with Gasteiger partial charge in [0.1, 0.15) is 6.04 Å². The van der Waals surface area contributed by atoms with Crippen LogP contribution in [0.4, 0.5) is 0 Å². The number of morpholine rings is 1. The molecule has 1 unspecified atom stereocenters. The summed E-state index contributed by atoms with van der Waals surface area (Å²) in [6, 6.07) is 3.38. The molecule has 1 N–H and O–H groups in total. The number of aromatic nitrogens is 3. The molecular weight excluding hydrogens is 346 g/mol. The molecule has 2 aliphatic rings. The van der Waals surface area contributed by atoms with E-state index in [1.165, 1.54) is 12.8 Å². The third-order valence-electron chi connectivity index (χ3n) is 5.27. The summed E-state index contributed by atoms with van der Waals surface area (Å²) in [5, 5.41) is 7.00. The summed E-state index contributed by atoms with van der Waals surface area (Å²) in [7, 11) is 0. The lowest BCUT2D eigenvalue weighted by molar-refractivity contribution is -0.128. The number of nitrogens with one attached hydrogen (secondary N) is 1. The molecule has 0 bridgehead atoms. The van der Waals surface area contributed by atoms with Gasteiger partial charge >= 0.3 is 0 Å². The Bertz CT molecular complexity index is 739. The highest BCUT2D eigenvalue weighted by Gasteiger charge is 2.29. The summed E-state index contributed by atoms with van der Waals surface area (Å²) < 4.78 is 10.8. The van der Waals surface area contributed by atoms with Crippen LogP contribution in [0.15, 0.2) is 29.0 Å². The van der Waals surface area contributed by atoms with Crippen LogP contribution < -0.4 is 5.32 Å². The fourth-order valence-electron chi connectivity index (χ4n) is 3.84. The highest BCUT2D eigenvalue weighted by atomic mass is 16.5. The molecule has 0 radical (unpaired) electrons. The Balaban J connectivity index is 1.42. The van der Waals surface area contributed by atoms with Crippen LogP contribution in [0.2, 0.25) is 0 Å². The van der Waals surface area contributed by atoms with Crippen molar-refractivity contribution in [2.75, 3.05) is 26.3 Å². The van der Waals surface area contributed by atoms with Crippen LogP contribution in [0.1, 0.15) is 54.9 Å². The highest BCUT2D eigenvalue weighted by molar-refractivity contribution is 5.83. The van der Waals surface area contributed by atoms with Gasteiger partial charge in [-0.3, -0.25) is 14.7 Å². The maximum absolute atomic E-state index is 13.0. The Morgan fingerprint density at radius 3 is 2.85 bits per heavy atom. The molecule has 1 aliphatic carbocycles. The van der Waals surface area contributed by atoms with Gasteiger partial charge in [0.15, 0.2) is 5.82 Å². The van der Waals surface area contributed by atoms with Crippen molar-refractivity contribution in [3.63, 3.8) is 0 Å². The quantitative estimate of drug-likeness (QED) is 0.828. The Hall–Kier alpha value is -2.32. The molecule has 0 aromatic carbocycles. The molecule has 0 spiro atoms. The first-order chi connectivity index (χ1) is 13.3. The van der Waals surface area contributed by atoms with Gasteiger partial charge in [0.2, 0.25) is 11.8 Å². The van der Waals surface area contributed by atoms with E-state index in [1.54, 1.807) is 12.4 Å². The summed E-state index contributed by atoms with van der Waals surface area (Å²) in [6.07, 6.45) is 8.09. The van der Waals surface area contributed by atoms with Gasteiger partial charge in [-0.25, -0.2) is 0 Å². The number of ether oxygens (including phenoxy) is 1. The zero-order valence-corrected chi connectivity index (χ0v) is 15.3. The van der Waals surface area contributed by atoms with Gasteiger partial charge in [-0.05, 0) is 24.5 Å². The van der Waals surface area contributed by atoms with E-state index in [-0.39, 0.29) is 12.5 Å². The van der Waals surface area contributed by atoms with E-state index in [9.17, 15) is 4.79 Å². The second-order valence-corrected chi connectivity index (χ2v) is 7.09. The van der Waals surface area contributed by atoms with Crippen LogP contribution >= 0.6 is 0 Å². The number of carbonyl (C=O) groups is 1. The first-order valence-electron chi connectivity index (χ1n) is 9.63. The number of amides is 1. The average Bonchev–Trinajstić information content (AvgIpc) is 3.40. The Labute approximate surface area is 158 Å². The van der Waals surface area contributed by atoms with Crippen LogP contribution in [-0.4, -0.2) is 52.2 Å². The van der Waals surface area contributed by atoms with E-state index in [4.69, 9.17) is 9.26 Å². The van der Waals surface area contributed by atoms with E-state index in [1.807, 2.05) is 12.1 Å². The average molecular weight is 371 g/mol. The summed E-state index contributed by atoms with van der Waals surface area (Å²) in [5.41, 5.74) is 0.872. The van der Waals surface area contributed by atoms with E-state index < -0.39 is 6.04 Å². The molecule has 1 amide bonds. The van der Waals surface area contributed by atoms with Crippen molar-refractivity contribution in [2.45, 2.75) is 44.2 Å². The van der Waals surface area contributed by atoms with Gasteiger partial charge < -0.3 is 14.6 Å². The van der Waals surface area contributed by atoms with Gasteiger partial charge in [-0.2, -0.15) is 4.98 Å². The number of nitrogens with zero attached hydrogens (tertiary/aromatic N) is 4. The molecule has 2 fully saturated rings. The molecule has 3 heterocycles. The molecule has 1 aliphatic heterocycles. The first kappa shape index (κ1) is 18.1. The lowest BCUT2D eigenvalue weighted by atomic mass is 10.1. The zero-order valence-electron chi connectivity index (χ0n) is 15.3. The minimum atomic E-state index is -0.399. The van der Waals surface area contributed by atoms with Gasteiger partial charge in [0.05, 0.1) is 19.8 Å². The Morgan fingerprint density at radius 2 is 2.11 bits per heavy atom.